The molecule has 76 valence electrons. The Hall–Kier alpha value is -0.820. The molecule has 1 fully saturated rings. The molecule has 0 aromatic heterocycles. The number of ether oxygens (including phenoxy) is 1. The third kappa shape index (κ3) is 1.83. The number of rotatable bonds is 2. The molecule has 1 atom stereocenters. The summed E-state index contributed by atoms with van der Waals surface area (Å²) in [6.07, 6.45) is 2.25. The first-order chi connectivity index (χ1) is 6.59. The monoisotopic (exact) mass is 190 g/mol. The number of hydrogen-bond donors (Lipinski definition) is 0. The summed E-state index contributed by atoms with van der Waals surface area (Å²) in [6, 6.07) is 6.67. The highest BCUT2D eigenvalue weighted by atomic mass is 16.5. The van der Waals surface area contributed by atoms with Crippen LogP contribution in [0.1, 0.15) is 30.0 Å². The number of hydrogen-bond acceptors (Lipinski definition) is 1. The fraction of sp³-hybridized carbons (Fsp3) is 0.538. The first-order valence-corrected chi connectivity index (χ1v) is 5.29. The largest absolute Gasteiger partial charge is 0.375 e. The van der Waals surface area contributed by atoms with Crippen molar-refractivity contribution in [2.45, 2.75) is 39.2 Å². The third-order valence-electron chi connectivity index (χ3n) is 3.14. The van der Waals surface area contributed by atoms with Gasteiger partial charge >= 0.3 is 0 Å². The van der Waals surface area contributed by atoms with Crippen molar-refractivity contribution in [1.29, 1.82) is 0 Å². The molecular formula is C13H18O. The van der Waals surface area contributed by atoms with Crippen LogP contribution in [-0.2, 0) is 11.2 Å². The van der Waals surface area contributed by atoms with Gasteiger partial charge in [-0.1, -0.05) is 23.8 Å². The van der Waals surface area contributed by atoms with E-state index in [0.29, 0.717) is 0 Å². The lowest BCUT2D eigenvalue weighted by Gasteiger charge is -2.39. The van der Waals surface area contributed by atoms with Gasteiger partial charge in [0, 0.05) is 6.42 Å². The molecule has 0 amide bonds. The lowest BCUT2D eigenvalue weighted by Crippen LogP contribution is -2.42. The smallest absolute Gasteiger partial charge is 0.0716 e. The van der Waals surface area contributed by atoms with E-state index in [1.807, 2.05) is 0 Å². The second-order valence-corrected chi connectivity index (χ2v) is 4.66. The van der Waals surface area contributed by atoms with Crippen LogP contribution in [-0.4, -0.2) is 12.2 Å². The van der Waals surface area contributed by atoms with Gasteiger partial charge in [0.05, 0.1) is 12.2 Å². The van der Waals surface area contributed by atoms with Crippen LogP contribution < -0.4 is 0 Å². The Labute approximate surface area is 86.1 Å². The SMILES string of the molecule is Cc1ccc(CC2(C)CCO2)c(C)c1. The van der Waals surface area contributed by atoms with Gasteiger partial charge in [-0.25, -0.2) is 0 Å². The van der Waals surface area contributed by atoms with Gasteiger partial charge in [-0.05, 0) is 38.3 Å². The summed E-state index contributed by atoms with van der Waals surface area (Å²) in [5, 5.41) is 0. The summed E-state index contributed by atoms with van der Waals surface area (Å²) in [6.45, 7) is 7.46. The summed E-state index contributed by atoms with van der Waals surface area (Å²) in [4.78, 5) is 0. The molecule has 1 heteroatoms. The summed E-state index contributed by atoms with van der Waals surface area (Å²) >= 11 is 0. The molecule has 1 aromatic rings. The molecule has 1 nitrogen and oxygen atoms in total. The zero-order valence-corrected chi connectivity index (χ0v) is 9.26. The molecule has 0 spiro atoms. The first kappa shape index (κ1) is 9.72. The van der Waals surface area contributed by atoms with Gasteiger partial charge < -0.3 is 4.74 Å². The standard InChI is InChI=1S/C13H18O/c1-10-4-5-12(11(2)8-10)9-13(3)6-7-14-13/h4-5,8H,6-7,9H2,1-3H3. The van der Waals surface area contributed by atoms with Crippen LogP contribution in [0.5, 0.6) is 0 Å². The maximum atomic E-state index is 5.61. The summed E-state index contributed by atoms with van der Waals surface area (Å²) < 4.78 is 5.61. The lowest BCUT2D eigenvalue weighted by molar-refractivity contribution is -0.132. The molecule has 14 heavy (non-hydrogen) atoms. The van der Waals surface area contributed by atoms with E-state index < -0.39 is 0 Å². The molecular weight excluding hydrogens is 172 g/mol. The average Bonchev–Trinajstić information content (AvgIpc) is 2.07. The van der Waals surface area contributed by atoms with E-state index in [1.165, 1.54) is 23.1 Å². The van der Waals surface area contributed by atoms with Crippen LogP contribution in [0.25, 0.3) is 0 Å². The van der Waals surface area contributed by atoms with E-state index in [9.17, 15) is 0 Å². The van der Waals surface area contributed by atoms with E-state index in [0.717, 1.165) is 13.0 Å². The Balaban J connectivity index is 2.16. The quantitative estimate of drug-likeness (QED) is 0.696. The van der Waals surface area contributed by atoms with E-state index in [-0.39, 0.29) is 5.60 Å². The zero-order chi connectivity index (χ0) is 10.2. The Morgan fingerprint density at radius 1 is 1.36 bits per heavy atom. The molecule has 1 saturated heterocycles. The minimum atomic E-state index is 0.111. The maximum Gasteiger partial charge on any atom is 0.0716 e. The van der Waals surface area contributed by atoms with E-state index in [1.54, 1.807) is 0 Å². The molecule has 0 saturated carbocycles. The normalized spacial score (nSPS) is 25.9. The second-order valence-electron chi connectivity index (χ2n) is 4.66. The van der Waals surface area contributed by atoms with Crippen molar-refractivity contribution in [3.63, 3.8) is 0 Å². The van der Waals surface area contributed by atoms with Crippen molar-refractivity contribution in [3.05, 3.63) is 34.9 Å². The molecule has 0 radical (unpaired) electrons. The lowest BCUT2D eigenvalue weighted by atomic mass is 9.87. The Morgan fingerprint density at radius 2 is 2.07 bits per heavy atom. The molecule has 1 aliphatic rings. The fourth-order valence-corrected chi connectivity index (χ4v) is 2.04. The van der Waals surface area contributed by atoms with Crippen LogP contribution >= 0.6 is 0 Å². The Bertz CT molecular complexity index is 337. The topological polar surface area (TPSA) is 9.23 Å². The highest BCUT2D eigenvalue weighted by Gasteiger charge is 2.33. The van der Waals surface area contributed by atoms with Gasteiger partial charge in [0.15, 0.2) is 0 Å². The second kappa shape index (κ2) is 3.39. The van der Waals surface area contributed by atoms with E-state index >= 15 is 0 Å². The van der Waals surface area contributed by atoms with Gasteiger partial charge in [0.2, 0.25) is 0 Å². The zero-order valence-electron chi connectivity index (χ0n) is 9.26. The van der Waals surface area contributed by atoms with Crippen molar-refractivity contribution in [2.24, 2.45) is 0 Å². The summed E-state index contributed by atoms with van der Waals surface area (Å²) in [7, 11) is 0. The minimum Gasteiger partial charge on any atom is -0.375 e. The minimum absolute atomic E-state index is 0.111. The molecule has 0 N–H and O–H groups in total. The van der Waals surface area contributed by atoms with Crippen LogP contribution in [0, 0.1) is 13.8 Å². The first-order valence-electron chi connectivity index (χ1n) is 5.29. The Kier molecular flexibility index (Phi) is 2.36. The molecule has 2 rings (SSSR count). The van der Waals surface area contributed by atoms with Gasteiger partial charge in [-0.15, -0.1) is 0 Å². The van der Waals surface area contributed by atoms with Crippen LogP contribution in [0.3, 0.4) is 0 Å². The van der Waals surface area contributed by atoms with Gasteiger partial charge in [-0.2, -0.15) is 0 Å². The van der Waals surface area contributed by atoms with Gasteiger partial charge in [0.1, 0.15) is 0 Å². The van der Waals surface area contributed by atoms with E-state index in [4.69, 9.17) is 4.74 Å². The van der Waals surface area contributed by atoms with Crippen LogP contribution in [0.4, 0.5) is 0 Å². The van der Waals surface area contributed by atoms with Crippen LogP contribution in [0.15, 0.2) is 18.2 Å². The van der Waals surface area contributed by atoms with Crippen molar-refractivity contribution in [3.8, 4) is 0 Å². The maximum absolute atomic E-state index is 5.61. The molecule has 1 aromatic carbocycles. The van der Waals surface area contributed by atoms with Crippen molar-refractivity contribution < 1.29 is 4.74 Å². The van der Waals surface area contributed by atoms with E-state index in [2.05, 4.69) is 39.0 Å². The van der Waals surface area contributed by atoms with Gasteiger partial charge in [-0.3, -0.25) is 0 Å². The van der Waals surface area contributed by atoms with Crippen molar-refractivity contribution in [1.82, 2.24) is 0 Å². The fourth-order valence-electron chi connectivity index (χ4n) is 2.04. The van der Waals surface area contributed by atoms with Crippen molar-refractivity contribution >= 4 is 0 Å². The molecule has 1 aliphatic heterocycles. The highest BCUT2D eigenvalue weighted by Crippen LogP contribution is 2.30. The molecule has 0 bridgehead atoms. The Morgan fingerprint density at radius 3 is 2.57 bits per heavy atom. The highest BCUT2D eigenvalue weighted by molar-refractivity contribution is 5.31. The summed E-state index contributed by atoms with van der Waals surface area (Å²) in [5.41, 5.74) is 4.27. The van der Waals surface area contributed by atoms with Crippen molar-refractivity contribution in [2.75, 3.05) is 6.61 Å². The van der Waals surface area contributed by atoms with Crippen LogP contribution in [0.2, 0.25) is 0 Å². The summed E-state index contributed by atoms with van der Waals surface area (Å²) in [5.74, 6) is 0. The predicted molar refractivity (Wildman–Crippen MR) is 58.6 cm³/mol. The third-order valence-corrected chi connectivity index (χ3v) is 3.14. The molecule has 1 heterocycles. The molecule has 1 unspecified atom stereocenters. The predicted octanol–water partition coefficient (Wildman–Crippen LogP) is 3.02. The average molecular weight is 190 g/mol. The molecule has 0 aliphatic carbocycles. The number of aryl methyl sites for hydroxylation is 2. The van der Waals surface area contributed by atoms with Gasteiger partial charge in [0.25, 0.3) is 0 Å². The number of benzene rings is 1.